The minimum Gasteiger partial charge on any atom is -0.452 e. The van der Waals surface area contributed by atoms with Crippen LogP contribution < -0.4 is 10.2 Å². The Balaban J connectivity index is 1.74. The first-order chi connectivity index (χ1) is 15.1. The molecule has 1 aliphatic rings. The number of ether oxygens (including phenoxy) is 2. The lowest BCUT2D eigenvalue weighted by molar-refractivity contribution is -0.137. The third-order valence-electron chi connectivity index (χ3n) is 4.51. The molecule has 2 aromatic carbocycles. The van der Waals surface area contributed by atoms with Gasteiger partial charge in [0.05, 0.1) is 40.7 Å². The quantitative estimate of drug-likeness (QED) is 0.395. The number of esters is 1. The number of nitrogens with zero attached hydrogens (tertiary/aromatic N) is 1. The molecule has 0 aromatic heterocycles. The average molecular weight is 479 g/mol. The van der Waals surface area contributed by atoms with E-state index in [1.807, 2.05) is 0 Å². The van der Waals surface area contributed by atoms with E-state index in [2.05, 4.69) is 5.32 Å². The second-order valence-electron chi connectivity index (χ2n) is 6.70. The zero-order chi connectivity index (χ0) is 23.5. The molecule has 0 unspecified atom stereocenters. The van der Waals surface area contributed by atoms with Crippen LogP contribution >= 0.6 is 11.6 Å². The first-order valence-corrected chi connectivity index (χ1v) is 9.59. The van der Waals surface area contributed by atoms with Gasteiger partial charge in [0.15, 0.2) is 18.2 Å². The van der Waals surface area contributed by atoms with Gasteiger partial charge < -0.3 is 19.7 Å². The van der Waals surface area contributed by atoms with Crippen LogP contribution in [0.3, 0.4) is 0 Å². The van der Waals surface area contributed by atoms with Crippen molar-refractivity contribution in [3.63, 3.8) is 0 Å². The summed E-state index contributed by atoms with van der Waals surface area (Å²) < 4.78 is 75.8. The van der Waals surface area contributed by atoms with E-state index in [4.69, 9.17) is 21.1 Å². The second kappa shape index (κ2) is 9.70. The van der Waals surface area contributed by atoms with Crippen LogP contribution in [-0.2, 0) is 20.4 Å². The Morgan fingerprint density at radius 1 is 1.09 bits per heavy atom. The molecule has 1 aliphatic heterocycles. The second-order valence-corrected chi connectivity index (χ2v) is 7.11. The molecule has 2 aromatic rings. The number of hydrogen-bond acceptors (Lipinski definition) is 5. The van der Waals surface area contributed by atoms with Gasteiger partial charge in [0.1, 0.15) is 0 Å². The van der Waals surface area contributed by atoms with Crippen LogP contribution in [0.4, 0.5) is 33.3 Å². The molecule has 6 nitrogen and oxygen atoms in total. The summed E-state index contributed by atoms with van der Waals surface area (Å²) in [6, 6.07) is 3.99. The predicted octanol–water partition coefficient (Wildman–Crippen LogP) is 4.27. The summed E-state index contributed by atoms with van der Waals surface area (Å²) in [5.74, 6) is -4.76. The summed E-state index contributed by atoms with van der Waals surface area (Å²) >= 11 is 5.68. The van der Waals surface area contributed by atoms with E-state index in [0.717, 1.165) is 12.1 Å². The number of morpholine rings is 1. The molecule has 12 heteroatoms. The molecule has 1 fully saturated rings. The zero-order valence-electron chi connectivity index (χ0n) is 16.3. The maximum atomic E-state index is 13.3. The van der Waals surface area contributed by atoms with Crippen LogP contribution in [-0.4, -0.2) is 44.8 Å². The average Bonchev–Trinajstić information content (AvgIpc) is 2.74. The van der Waals surface area contributed by atoms with Crippen molar-refractivity contribution in [1.82, 2.24) is 0 Å². The Morgan fingerprint density at radius 2 is 1.75 bits per heavy atom. The van der Waals surface area contributed by atoms with Crippen molar-refractivity contribution in [2.75, 3.05) is 43.1 Å². The summed E-state index contributed by atoms with van der Waals surface area (Å²) in [4.78, 5) is 26.1. The van der Waals surface area contributed by atoms with Gasteiger partial charge in [-0.3, -0.25) is 4.79 Å². The van der Waals surface area contributed by atoms with Gasteiger partial charge in [-0.1, -0.05) is 11.6 Å². The van der Waals surface area contributed by atoms with E-state index in [9.17, 15) is 31.5 Å². The Hall–Kier alpha value is -2.92. The number of carbonyl (C=O) groups is 2. The summed E-state index contributed by atoms with van der Waals surface area (Å²) in [6.07, 6.45) is -4.64. The number of benzene rings is 2. The molecule has 0 aliphatic carbocycles. The van der Waals surface area contributed by atoms with E-state index in [1.165, 1.54) is 6.07 Å². The predicted molar refractivity (Wildman–Crippen MR) is 105 cm³/mol. The highest BCUT2D eigenvalue weighted by Crippen LogP contribution is 2.35. The summed E-state index contributed by atoms with van der Waals surface area (Å²) in [6.45, 7) is 0.630. The van der Waals surface area contributed by atoms with Gasteiger partial charge >= 0.3 is 12.1 Å². The fourth-order valence-electron chi connectivity index (χ4n) is 2.97. The van der Waals surface area contributed by atoms with Crippen LogP contribution in [0.25, 0.3) is 0 Å². The number of hydrogen-bond donors (Lipinski definition) is 1. The van der Waals surface area contributed by atoms with E-state index in [1.54, 1.807) is 4.90 Å². The van der Waals surface area contributed by atoms with Crippen LogP contribution in [0.5, 0.6) is 0 Å². The van der Waals surface area contributed by atoms with Gasteiger partial charge in [0.2, 0.25) is 0 Å². The third kappa shape index (κ3) is 5.65. The number of rotatable bonds is 5. The maximum Gasteiger partial charge on any atom is 0.416 e. The molecule has 0 atom stereocenters. The first kappa shape index (κ1) is 23.7. The fourth-order valence-corrected chi connectivity index (χ4v) is 3.19. The van der Waals surface area contributed by atoms with Gasteiger partial charge in [-0.25, -0.2) is 13.6 Å². The highest BCUT2D eigenvalue weighted by Gasteiger charge is 2.32. The Kier molecular flexibility index (Phi) is 7.19. The van der Waals surface area contributed by atoms with E-state index < -0.39 is 52.4 Å². The number of alkyl halides is 3. The molecule has 1 saturated heterocycles. The molecular weight excluding hydrogens is 463 g/mol. The minimum absolute atomic E-state index is 0.131. The van der Waals surface area contributed by atoms with E-state index in [0.29, 0.717) is 44.1 Å². The molecule has 1 heterocycles. The van der Waals surface area contributed by atoms with Crippen LogP contribution in [0.2, 0.25) is 5.02 Å². The minimum atomic E-state index is -4.64. The smallest absolute Gasteiger partial charge is 0.416 e. The monoisotopic (exact) mass is 478 g/mol. The van der Waals surface area contributed by atoms with E-state index >= 15 is 0 Å². The topological polar surface area (TPSA) is 67.9 Å². The summed E-state index contributed by atoms with van der Waals surface area (Å²) in [7, 11) is 0. The Labute approximate surface area is 183 Å². The van der Waals surface area contributed by atoms with Crippen LogP contribution in [0, 0.1) is 11.6 Å². The Bertz CT molecular complexity index is 1030. The van der Waals surface area contributed by atoms with Crippen molar-refractivity contribution in [1.29, 1.82) is 0 Å². The van der Waals surface area contributed by atoms with Crippen molar-refractivity contribution < 1.29 is 41.0 Å². The number of amides is 1. The summed E-state index contributed by atoms with van der Waals surface area (Å²) in [5, 5.41) is 1.87. The highest BCUT2D eigenvalue weighted by molar-refractivity contribution is 6.33. The van der Waals surface area contributed by atoms with Gasteiger partial charge in [-0.2, -0.15) is 13.2 Å². The van der Waals surface area contributed by atoms with Crippen molar-refractivity contribution in [2.45, 2.75) is 6.18 Å². The largest absolute Gasteiger partial charge is 0.452 e. The third-order valence-corrected chi connectivity index (χ3v) is 4.83. The van der Waals surface area contributed by atoms with Crippen molar-refractivity contribution in [2.24, 2.45) is 0 Å². The Morgan fingerprint density at radius 3 is 2.41 bits per heavy atom. The lowest BCUT2D eigenvalue weighted by Gasteiger charge is -2.31. The number of halogens is 6. The van der Waals surface area contributed by atoms with Crippen LogP contribution in [0.1, 0.15) is 15.9 Å². The number of carbonyl (C=O) groups excluding carboxylic acids is 2. The SMILES string of the molecule is O=C(COC(=O)c1cc(F)c(F)cc1Cl)Nc1cc(C(F)(F)F)ccc1N1CCOCC1. The fraction of sp³-hybridized carbons (Fsp3) is 0.300. The molecule has 1 amide bonds. The van der Waals surface area contributed by atoms with Crippen molar-refractivity contribution in [3.05, 3.63) is 58.1 Å². The molecule has 0 bridgehead atoms. The molecule has 0 saturated carbocycles. The van der Waals surface area contributed by atoms with Crippen molar-refractivity contribution in [3.8, 4) is 0 Å². The highest BCUT2D eigenvalue weighted by atomic mass is 35.5. The number of anilines is 2. The van der Waals surface area contributed by atoms with Crippen molar-refractivity contribution >= 4 is 34.9 Å². The molecule has 172 valence electrons. The molecule has 1 N–H and O–H groups in total. The van der Waals surface area contributed by atoms with Gasteiger partial charge in [-0.15, -0.1) is 0 Å². The first-order valence-electron chi connectivity index (χ1n) is 9.21. The van der Waals surface area contributed by atoms with Gasteiger partial charge in [0, 0.05) is 13.1 Å². The lowest BCUT2D eigenvalue weighted by atomic mass is 10.1. The normalized spacial score (nSPS) is 14.2. The molecule has 0 radical (unpaired) electrons. The van der Waals surface area contributed by atoms with Gasteiger partial charge in [-0.05, 0) is 30.3 Å². The number of nitrogens with one attached hydrogen (secondary N) is 1. The zero-order valence-corrected chi connectivity index (χ0v) is 17.0. The molecular formula is C20H16ClF5N2O4. The van der Waals surface area contributed by atoms with E-state index in [-0.39, 0.29) is 5.69 Å². The molecule has 32 heavy (non-hydrogen) atoms. The standard InChI is InChI=1S/C20H16ClF5N2O4/c21-13-9-15(23)14(22)8-12(13)19(30)32-10-18(29)27-16-7-11(20(24,25)26)1-2-17(16)28-3-5-31-6-4-28/h1-2,7-9H,3-6,10H2,(H,27,29). The maximum absolute atomic E-state index is 13.3. The molecule has 3 rings (SSSR count). The van der Waals surface area contributed by atoms with Gasteiger partial charge in [0.25, 0.3) is 5.91 Å². The lowest BCUT2D eigenvalue weighted by Crippen LogP contribution is -2.37. The molecule has 0 spiro atoms. The summed E-state index contributed by atoms with van der Waals surface area (Å²) in [5.41, 5.74) is -1.28. The van der Waals surface area contributed by atoms with Crippen LogP contribution in [0.15, 0.2) is 30.3 Å².